The summed E-state index contributed by atoms with van der Waals surface area (Å²) < 4.78 is 4.81. The number of fused-ring (bicyclic) bond motifs is 1. The highest BCUT2D eigenvalue weighted by Crippen LogP contribution is 2.24. The van der Waals surface area contributed by atoms with E-state index in [1.54, 1.807) is 6.07 Å². The summed E-state index contributed by atoms with van der Waals surface area (Å²) in [6, 6.07) is 5.60. The zero-order valence-corrected chi connectivity index (χ0v) is 13.0. The number of carbonyl (C=O) groups excluding carboxylic acids is 1. The lowest BCUT2D eigenvalue weighted by molar-refractivity contribution is 0.0603. The van der Waals surface area contributed by atoms with Gasteiger partial charge in [0.1, 0.15) is 0 Å². The number of nitrogens with zero attached hydrogens (tertiary/aromatic N) is 1. The van der Waals surface area contributed by atoms with E-state index in [-0.39, 0.29) is 29.9 Å². The summed E-state index contributed by atoms with van der Waals surface area (Å²) >= 11 is 0. The van der Waals surface area contributed by atoms with Crippen LogP contribution >= 0.6 is 24.0 Å². The number of esters is 1. The van der Waals surface area contributed by atoms with E-state index in [4.69, 9.17) is 4.74 Å². The Balaban J connectivity index is 0.00000162. The lowest BCUT2D eigenvalue weighted by atomic mass is 10.1. The Kier molecular flexibility index (Phi) is 5.15. The second kappa shape index (κ2) is 6.19. The molecule has 0 aliphatic heterocycles. The van der Waals surface area contributed by atoms with E-state index in [2.05, 4.69) is 9.88 Å². The van der Waals surface area contributed by atoms with Gasteiger partial charge in [0.15, 0.2) is 0 Å². The molecule has 2 aromatic rings. The van der Waals surface area contributed by atoms with Gasteiger partial charge in [-0.25, -0.2) is 4.79 Å². The van der Waals surface area contributed by atoms with Gasteiger partial charge in [-0.05, 0) is 31.8 Å². The Bertz CT molecular complexity index is 549. The zero-order valence-electron chi connectivity index (χ0n) is 10.7. The summed E-state index contributed by atoms with van der Waals surface area (Å²) in [6.45, 7) is 0.786. The summed E-state index contributed by atoms with van der Waals surface area (Å²) in [7, 11) is 5.40. The number of rotatable bonds is 3. The van der Waals surface area contributed by atoms with Crippen molar-refractivity contribution in [3.05, 3.63) is 35.5 Å². The maximum Gasteiger partial charge on any atom is 0.338 e. The van der Waals surface area contributed by atoms with Crippen molar-refractivity contribution in [1.82, 2.24) is 9.88 Å². The quantitative estimate of drug-likeness (QED) is 0.676. The molecule has 0 radical (unpaired) electrons. The third kappa shape index (κ3) is 2.84. The van der Waals surface area contributed by atoms with Gasteiger partial charge >= 0.3 is 5.97 Å². The van der Waals surface area contributed by atoms with Crippen LogP contribution < -0.4 is 0 Å². The molecule has 0 amide bonds. The molecule has 0 aliphatic carbocycles. The number of H-pyrrole nitrogens is 1. The van der Waals surface area contributed by atoms with Gasteiger partial charge in [-0.15, -0.1) is 24.0 Å². The third-order valence-electron chi connectivity index (χ3n) is 2.68. The molecule has 0 saturated carbocycles. The summed E-state index contributed by atoms with van der Waals surface area (Å²) in [5.74, 6) is -0.296. The molecular weight excluding hydrogens is 343 g/mol. The van der Waals surface area contributed by atoms with E-state index in [1.807, 2.05) is 32.4 Å². The molecule has 1 aromatic carbocycles. The Hall–Kier alpha value is -1.08. The molecule has 0 saturated heterocycles. The fourth-order valence-electron chi connectivity index (χ4n) is 2.00. The van der Waals surface area contributed by atoms with E-state index < -0.39 is 0 Å². The number of halogens is 1. The monoisotopic (exact) mass is 360 g/mol. The zero-order chi connectivity index (χ0) is 12.4. The number of methoxy groups -OCH3 is 1. The third-order valence-corrected chi connectivity index (χ3v) is 2.68. The van der Waals surface area contributed by atoms with Gasteiger partial charge in [0.25, 0.3) is 0 Å². The molecule has 0 bridgehead atoms. The van der Waals surface area contributed by atoms with Gasteiger partial charge < -0.3 is 14.6 Å². The molecule has 18 heavy (non-hydrogen) atoms. The summed E-state index contributed by atoms with van der Waals surface area (Å²) in [6.07, 6.45) is 1.94. The van der Waals surface area contributed by atoms with Crippen molar-refractivity contribution in [1.29, 1.82) is 0 Å². The first-order valence-electron chi connectivity index (χ1n) is 5.45. The molecule has 0 spiro atoms. The van der Waals surface area contributed by atoms with Crippen molar-refractivity contribution in [3.8, 4) is 0 Å². The Labute approximate surface area is 123 Å². The fourth-order valence-corrected chi connectivity index (χ4v) is 2.00. The maximum absolute atomic E-state index is 11.7. The van der Waals surface area contributed by atoms with Crippen LogP contribution in [0.25, 0.3) is 10.9 Å². The van der Waals surface area contributed by atoms with E-state index in [0.29, 0.717) is 5.56 Å². The van der Waals surface area contributed by atoms with Crippen molar-refractivity contribution in [2.75, 3.05) is 21.2 Å². The van der Waals surface area contributed by atoms with Gasteiger partial charge in [0.05, 0.1) is 12.7 Å². The van der Waals surface area contributed by atoms with Crippen molar-refractivity contribution in [2.45, 2.75) is 6.54 Å². The molecule has 0 aliphatic rings. The number of hydrogen-bond acceptors (Lipinski definition) is 3. The summed E-state index contributed by atoms with van der Waals surface area (Å²) in [5, 5.41) is 0.952. The number of hydrogen-bond donors (Lipinski definition) is 1. The highest BCUT2D eigenvalue weighted by Gasteiger charge is 2.14. The SMILES string of the molecule is COC(=O)c1cccc2[nH]cc(CN(C)C)c12.I. The van der Waals surface area contributed by atoms with Crippen molar-refractivity contribution in [2.24, 2.45) is 0 Å². The topological polar surface area (TPSA) is 45.3 Å². The van der Waals surface area contributed by atoms with Gasteiger partial charge in [-0.3, -0.25) is 0 Å². The van der Waals surface area contributed by atoms with Crippen LogP contribution in [-0.4, -0.2) is 37.1 Å². The highest BCUT2D eigenvalue weighted by molar-refractivity contribution is 14.0. The van der Waals surface area contributed by atoms with Crippen molar-refractivity contribution >= 4 is 40.8 Å². The largest absolute Gasteiger partial charge is 0.465 e. The number of carbonyl (C=O) groups is 1. The van der Waals surface area contributed by atoms with Crippen LogP contribution in [-0.2, 0) is 11.3 Å². The molecule has 0 fully saturated rings. The van der Waals surface area contributed by atoms with Crippen LogP contribution in [0.4, 0.5) is 0 Å². The van der Waals surface area contributed by atoms with Crippen LogP contribution in [0, 0.1) is 0 Å². The van der Waals surface area contributed by atoms with Crippen LogP contribution in [0.2, 0.25) is 0 Å². The van der Waals surface area contributed by atoms with Gasteiger partial charge in [0.2, 0.25) is 0 Å². The molecule has 98 valence electrons. The molecule has 1 heterocycles. The summed E-state index contributed by atoms with van der Waals surface area (Å²) in [5.41, 5.74) is 2.68. The number of aromatic nitrogens is 1. The molecule has 2 rings (SSSR count). The minimum absolute atomic E-state index is 0. The van der Waals surface area contributed by atoms with Gasteiger partial charge in [-0.1, -0.05) is 6.07 Å². The lowest BCUT2D eigenvalue weighted by Crippen LogP contribution is -2.11. The molecule has 0 unspecified atom stereocenters. The van der Waals surface area contributed by atoms with E-state index in [1.165, 1.54) is 7.11 Å². The average Bonchev–Trinajstić information content (AvgIpc) is 2.71. The summed E-state index contributed by atoms with van der Waals surface area (Å²) in [4.78, 5) is 17.0. The number of nitrogens with one attached hydrogen (secondary N) is 1. The van der Waals surface area contributed by atoms with E-state index in [9.17, 15) is 4.79 Å². The van der Waals surface area contributed by atoms with Crippen LogP contribution in [0.1, 0.15) is 15.9 Å². The second-order valence-corrected chi connectivity index (χ2v) is 4.27. The van der Waals surface area contributed by atoms with Crippen molar-refractivity contribution < 1.29 is 9.53 Å². The first-order chi connectivity index (χ1) is 8.13. The standard InChI is InChI=1S/C13H16N2O2.HI/c1-15(2)8-9-7-14-11-6-4-5-10(12(9)11)13(16)17-3;/h4-7,14H,8H2,1-3H3;1H. The molecule has 5 heteroatoms. The molecule has 1 aromatic heterocycles. The Morgan fingerprint density at radius 3 is 2.72 bits per heavy atom. The minimum atomic E-state index is -0.296. The maximum atomic E-state index is 11.7. The van der Waals surface area contributed by atoms with Crippen LogP contribution in [0.5, 0.6) is 0 Å². The predicted molar refractivity (Wildman–Crippen MR) is 82.4 cm³/mol. The van der Waals surface area contributed by atoms with Crippen LogP contribution in [0.15, 0.2) is 24.4 Å². The smallest absolute Gasteiger partial charge is 0.338 e. The fraction of sp³-hybridized carbons (Fsp3) is 0.308. The molecule has 4 nitrogen and oxygen atoms in total. The second-order valence-electron chi connectivity index (χ2n) is 4.27. The average molecular weight is 360 g/mol. The first kappa shape index (κ1) is 15.0. The Morgan fingerprint density at radius 2 is 2.11 bits per heavy atom. The molecule has 1 N–H and O–H groups in total. The predicted octanol–water partition coefficient (Wildman–Crippen LogP) is 2.63. The van der Waals surface area contributed by atoms with Gasteiger partial charge in [-0.2, -0.15) is 0 Å². The van der Waals surface area contributed by atoms with Crippen molar-refractivity contribution in [3.63, 3.8) is 0 Å². The molecule has 0 atom stereocenters. The number of ether oxygens (including phenoxy) is 1. The number of benzene rings is 1. The van der Waals surface area contributed by atoms with E-state index in [0.717, 1.165) is 23.0 Å². The number of aromatic amines is 1. The first-order valence-corrected chi connectivity index (χ1v) is 5.45. The van der Waals surface area contributed by atoms with E-state index >= 15 is 0 Å². The molecular formula is C13H17IN2O2. The van der Waals surface area contributed by atoms with Crippen LogP contribution in [0.3, 0.4) is 0 Å². The Morgan fingerprint density at radius 1 is 1.39 bits per heavy atom. The minimum Gasteiger partial charge on any atom is -0.465 e. The van der Waals surface area contributed by atoms with Gasteiger partial charge in [0, 0.05) is 23.6 Å². The highest BCUT2D eigenvalue weighted by atomic mass is 127. The normalized spacial score (nSPS) is 10.4. The lowest BCUT2D eigenvalue weighted by Gasteiger charge is -2.09.